The molecule has 0 radical (unpaired) electrons. The number of benzene rings is 2. The highest BCUT2D eigenvalue weighted by molar-refractivity contribution is 9.10. The lowest BCUT2D eigenvalue weighted by Crippen LogP contribution is -2.17. The lowest BCUT2D eigenvalue weighted by Gasteiger charge is -2.15. The minimum atomic E-state index is 0.488. The average molecular weight is 478 g/mol. The molecule has 0 atom stereocenters. The summed E-state index contributed by atoms with van der Waals surface area (Å²) in [5.41, 5.74) is 3.45. The molecule has 154 valence electrons. The van der Waals surface area contributed by atoms with Crippen molar-refractivity contribution in [3.63, 3.8) is 0 Å². The number of hydrogen-bond donors (Lipinski definition) is 1. The number of halogens is 1. The van der Waals surface area contributed by atoms with Crippen molar-refractivity contribution in [1.82, 2.24) is 25.5 Å². The number of methoxy groups -OCH3 is 1. The molecule has 0 fully saturated rings. The second kappa shape index (κ2) is 10.6. The third kappa shape index (κ3) is 6.19. The van der Waals surface area contributed by atoms with E-state index in [4.69, 9.17) is 9.47 Å². The molecular weight excluding hydrogens is 454 g/mol. The molecule has 0 spiro atoms. The maximum absolute atomic E-state index is 6.03. The molecule has 1 heterocycles. The third-order valence-corrected chi connectivity index (χ3v) is 5.78. The van der Waals surface area contributed by atoms with Crippen LogP contribution in [0, 0.1) is 6.92 Å². The van der Waals surface area contributed by atoms with Crippen LogP contribution in [0.5, 0.6) is 11.5 Å². The molecule has 0 unspecified atom stereocenters. The molecule has 0 aliphatic rings. The van der Waals surface area contributed by atoms with Crippen LogP contribution in [0.4, 0.5) is 0 Å². The molecule has 0 saturated heterocycles. The molecule has 7 nitrogen and oxygen atoms in total. The fourth-order valence-electron chi connectivity index (χ4n) is 2.76. The zero-order valence-electron chi connectivity index (χ0n) is 16.7. The first-order valence-corrected chi connectivity index (χ1v) is 11.0. The Labute approximate surface area is 183 Å². The molecule has 0 bridgehead atoms. The molecule has 0 aliphatic carbocycles. The van der Waals surface area contributed by atoms with Gasteiger partial charge in [0.05, 0.1) is 11.6 Å². The van der Waals surface area contributed by atoms with E-state index in [1.54, 1.807) is 23.6 Å². The van der Waals surface area contributed by atoms with Crippen molar-refractivity contribution in [2.45, 2.75) is 25.2 Å². The van der Waals surface area contributed by atoms with Crippen molar-refractivity contribution in [3.05, 3.63) is 57.6 Å². The Balaban J connectivity index is 1.54. The summed E-state index contributed by atoms with van der Waals surface area (Å²) < 4.78 is 14.1. The molecule has 3 rings (SSSR count). The Morgan fingerprint density at radius 2 is 2.07 bits per heavy atom. The van der Waals surface area contributed by atoms with Crippen LogP contribution in [0.2, 0.25) is 0 Å². The van der Waals surface area contributed by atoms with Crippen LogP contribution in [0.1, 0.15) is 16.7 Å². The van der Waals surface area contributed by atoms with Gasteiger partial charge in [-0.1, -0.05) is 41.6 Å². The lowest BCUT2D eigenvalue weighted by molar-refractivity contribution is 0.282. The zero-order valence-corrected chi connectivity index (χ0v) is 19.1. The fourth-order valence-corrected chi connectivity index (χ4v) is 4.11. The maximum Gasteiger partial charge on any atom is 0.209 e. The van der Waals surface area contributed by atoms with Gasteiger partial charge in [0.25, 0.3) is 0 Å². The lowest BCUT2D eigenvalue weighted by atomic mass is 10.1. The van der Waals surface area contributed by atoms with Gasteiger partial charge in [0.15, 0.2) is 11.5 Å². The van der Waals surface area contributed by atoms with Crippen molar-refractivity contribution in [2.24, 2.45) is 7.05 Å². The maximum atomic E-state index is 6.03. The van der Waals surface area contributed by atoms with Crippen molar-refractivity contribution in [1.29, 1.82) is 0 Å². The van der Waals surface area contributed by atoms with Crippen LogP contribution in [0.25, 0.3) is 0 Å². The van der Waals surface area contributed by atoms with Crippen LogP contribution in [0.15, 0.2) is 46.0 Å². The van der Waals surface area contributed by atoms with Gasteiger partial charge in [0.2, 0.25) is 5.16 Å². The van der Waals surface area contributed by atoms with E-state index in [0.29, 0.717) is 18.1 Å². The molecule has 0 amide bonds. The molecule has 1 N–H and O–H groups in total. The Kier molecular flexibility index (Phi) is 7.91. The molecule has 9 heteroatoms. The van der Waals surface area contributed by atoms with Crippen LogP contribution in [-0.4, -0.2) is 39.6 Å². The number of ether oxygens (including phenoxy) is 2. The predicted octanol–water partition coefficient (Wildman–Crippen LogP) is 3.75. The summed E-state index contributed by atoms with van der Waals surface area (Å²) in [5, 5.41) is 15.7. The Hall–Kier alpha value is -2.10. The highest BCUT2D eigenvalue weighted by Gasteiger charge is 2.12. The molecule has 0 saturated carbocycles. The largest absolute Gasteiger partial charge is 0.493 e. The van der Waals surface area contributed by atoms with Gasteiger partial charge in [0.1, 0.15) is 6.61 Å². The quantitative estimate of drug-likeness (QED) is 0.352. The van der Waals surface area contributed by atoms with E-state index in [1.807, 2.05) is 19.2 Å². The topological polar surface area (TPSA) is 74.1 Å². The van der Waals surface area contributed by atoms with Crippen molar-refractivity contribution >= 4 is 27.7 Å². The van der Waals surface area contributed by atoms with Crippen molar-refractivity contribution in [2.75, 3.05) is 19.4 Å². The second-order valence-electron chi connectivity index (χ2n) is 6.50. The summed E-state index contributed by atoms with van der Waals surface area (Å²) in [6.07, 6.45) is 0. The summed E-state index contributed by atoms with van der Waals surface area (Å²) in [5.74, 6) is 2.30. The van der Waals surface area contributed by atoms with Crippen LogP contribution in [-0.2, 0) is 20.2 Å². The van der Waals surface area contributed by atoms with Crippen LogP contribution < -0.4 is 14.8 Å². The summed E-state index contributed by atoms with van der Waals surface area (Å²) in [6, 6.07) is 12.3. The Morgan fingerprint density at radius 1 is 1.21 bits per heavy atom. The van der Waals surface area contributed by atoms with Gasteiger partial charge >= 0.3 is 0 Å². The molecule has 0 aliphatic heterocycles. The van der Waals surface area contributed by atoms with E-state index in [-0.39, 0.29) is 0 Å². The zero-order chi connectivity index (χ0) is 20.6. The summed E-state index contributed by atoms with van der Waals surface area (Å²) >= 11 is 5.24. The third-order valence-electron chi connectivity index (χ3n) is 4.18. The minimum Gasteiger partial charge on any atom is -0.493 e. The SMILES string of the molecule is COc1cc(CNCCSc2nnnn2C)cc(Br)c1OCc1cccc(C)c1. The molecular formula is C20H24BrN5O2S. The monoisotopic (exact) mass is 477 g/mol. The average Bonchev–Trinajstić information content (AvgIpc) is 3.11. The first kappa shape index (κ1) is 21.6. The smallest absolute Gasteiger partial charge is 0.209 e. The van der Waals surface area contributed by atoms with Gasteiger partial charge in [-0.15, -0.1) is 5.10 Å². The van der Waals surface area contributed by atoms with E-state index < -0.39 is 0 Å². The number of rotatable bonds is 10. The summed E-state index contributed by atoms with van der Waals surface area (Å²) in [6.45, 7) is 4.13. The summed E-state index contributed by atoms with van der Waals surface area (Å²) in [4.78, 5) is 0. The van der Waals surface area contributed by atoms with E-state index in [2.05, 4.69) is 68.0 Å². The van der Waals surface area contributed by atoms with Crippen molar-refractivity contribution < 1.29 is 9.47 Å². The number of nitrogens with zero attached hydrogens (tertiary/aromatic N) is 4. The van der Waals surface area contributed by atoms with E-state index in [9.17, 15) is 0 Å². The van der Waals surface area contributed by atoms with E-state index in [0.717, 1.165) is 39.6 Å². The minimum absolute atomic E-state index is 0.488. The van der Waals surface area contributed by atoms with E-state index >= 15 is 0 Å². The first-order chi connectivity index (χ1) is 14.1. The van der Waals surface area contributed by atoms with Gasteiger partial charge in [-0.2, -0.15) is 0 Å². The number of thioether (sulfide) groups is 1. The highest BCUT2D eigenvalue weighted by atomic mass is 79.9. The number of tetrazole rings is 1. The highest BCUT2D eigenvalue weighted by Crippen LogP contribution is 2.37. The van der Waals surface area contributed by atoms with Gasteiger partial charge in [-0.25, -0.2) is 4.68 Å². The number of aryl methyl sites for hydroxylation is 2. The second-order valence-corrected chi connectivity index (χ2v) is 8.41. The standard InChI is InChI=1S/C20H24BrN5O2S/c1-14-5-4-6-15(9-14)13-28-19-17(21)10-16(11-18(19)27-3)12-22-7-8-29-20-23-24-25-26(20)2/h4-6,9-11,22H,7-8,12-13H2,1-3H3. The fraction of sp³-hybridized carbons (Fsp3) is 0.350. The van der Waals surface area contributed by atoms with Crippen LogP contribution in [0.3, 0.4) is 0 Å². The molecule has 29 heavy (non-hydrogen) atoms. The number of nitrogens with one attached hydrogen (secondary N) is 1. The van der Waals surface area contributed by atoms with Crippen molar-refractivity contribution in [3.8, 4) is 11.5 Å². The predicted molar refractivity (Wildman–Crippen MR) is 117 cm³/mol. The van der Waals surface area contributed by atoms with Crippen LogP contribution >= 0.6 is 27.7 Å². The summed E-state index contributed by atoms with van der Waals surface area (Å²) in [7, 11) is 3.49. The normalized spacial score (nSPS) is 10.9. The van der Waals surface area contributed by atoms with Gasteiger partial charge in [-0.05, 0) is 56.5 Å². The molecule has 3 aromatic rings. The Bertz CT molecular complexity index is 950. The van der Waals surface area contributed by atoms with Gasteiger partial charge in [0, 0.05) is 25.9 Å². The number of aromatic nitrogens is 4. The number of hydrogen-bond acceptors (Lipinski definition) is 7. The first-order valence-electron chi connectivity index (χ1n) is 9.17. The van der Waals surface area contributed by atoms with Gasteiger partial charge in [-0.3, -0.25) is 0 Å². The molecule has 2 aromatic carbocycles. The van der Waals surface area contributed by atoms with Gasteiger partial charge < -0.3 is 14.8 Å². The van der Waals surface area contributed by atoms with E-state index in [1.165, 1.54) is 5.56 Å². The Morgan fingerprint density at radius 3 is 2.79 bits per heavy atom. The molecule has 1 aromatic heterocycles.